The molecule has 1 heterocycles. The van der Waals surface area contributed by atoms with Crippen LogP contribution in [0.1, 0.15) is 23.2 Å². The van der Waals surface area contributed by atoms with Crippen LogP contribution < -0.4 is 21.7 Å². The van der Waals surface area contributed by atoms with Gasteiger partial charge in [0.2, 0.25) is 5.91 Å². The first-order valence-corrected chi connectivity index (χ1v) is 7.18. The molecule has 0 spiro atoms. The highest BCUT2D eigenvalue weighted by atomic mass is 19.1. The summed E-state index contributed by atoms with van der Waals surface area (Å²) in [6.07, 6.45) is 2.88. The number of benzene rings is 1. The van der Waals surface area contributed by atoms with Crippen molar-refractivity contribution in [3.05, 3.63) is 34.9 Å². The van der Waals surface area contributed by atoms with Gasteiger partial charge in [0, 0.05) is 24.3 Å². The van der Waals surface area contributed by atoms with Crippen molar-refractivity contribution in [2.45, 2.75) is 12.8 Å². The predicted octanol–water partition coefficient (Wildman–Crippen LogP) is 1.15. The van der Waals surface area contributed by atoms with Crippen LogP contribution in [-0.4, -0.2) is 24.6 Å². The first kappa shape index (κ1) is 15.0. The van der Waals surface area contributed by atoms with E-state index in [1.54, 1.807) is 0 Å². The SMILES string of the molecule is N=C/C(CNC(=O)C1CC1)=C1/Nc2cc(F)cc(C(N)=O)c2N1. The van der Waals surface area contributed by atoms with Gasteiger partial charge >= 0.3 is 0 Å². The van der Waals surface area contributed by atoms with Crippen LogP contribution in [0, 0.1) is 17.1 Å². The van der Waals surface area contributed by atoms with Crippen molar-refractivity contribution in [1.82, 2.24) is 5.32 Å². The first-order valence-electron chi connectivity index (χ1n) is 7.18. The van der Waals surface area contributed by atoms with Crippen molar-refractivity contribution in [2.24, 2.45) is 11.7 Å². The largest absolute Gasteiger partial charge is 0.366 e. The molecule has 1 aromatic rings. The van der Waals surface area contributed by atoms with E-state index >= 15 is 0 Å². The van der Waals surface area contributed by atoms with E-state index in [0.717, 1.165) is 25.1 Å². The van der Waals surface area contributed by atoms with Gasteiger partial charge in [-0.05, 0) is 25.0 Å². The second kappa shape index (κ2) is 5.71. The molecule has 0 aromatic heterocycles. The average Bonchev–Trinajstić information content (AvgIpc) is 3.27. The van der Waals surface area contributed by atoms with Crippen molar-refractivity contribution >= 4 is 29.4 Å². The van der Waals surface area contributed by atoms with Crippen LogP contribution in [0.25, 0.3) is 0 Å². The highest BCUT2D eigenvalue weighted by Gasteiger charge is 2.30. The molecule has 1 aromatic carbocycles. The second-order valence-corrected chi connectivity index (χ2v) is 5.53. The van der Waals surface area contributed by atoms with Crippen molar-refractivity contribution in [1.29, 1.82) is 5.41 Å². The van der Waals surface area contributed by atoms with Crippen molar-refractivity contribution < 1.29 is 14.0 Å². The Morgan fingerprint density at radius 3 is 2.74 bits per heavy atom. The van der Waals surface area contributed by atoms with E-state index in [4.69, 9.17) is 11.1 Å². The smallest absolute Gasteiger partial charge is 0.250 e. The van der Waals surface area contributed by atoms with E-state index in [1.807, 2.05) is 0 Å². The maximum atomic E-state index is 13.5. The molecule has 1 saturated carbocycles. The standard InChI is InChI=1S/C15H16FN5O2/c16-9-3-10(13(18)22)12-11(4-9)20-14(21-12)8(5-17)6-19-15(23)7-1-2-7/h3-5,7,17,20-21H,1-2,6H2,(H2,18,22)(H,19,23)/b14-8+,17-5?. The number of amides is 2. The molecular weight excluding hydrogens is 301 g/mol. The number of fused-ring (bicyclic) bond motifs is 1. The van der Waals surface area contributed by atoms with Gasteiger partial charge in [-0.1, -0.05) is 0 Å². The summed E-state index contributed by atoms with van der Waals surface area (Å²) < 4.78 is 13.5. The fourth-order valence-corrected chi connectivity index (χ4v) is 2.37. The van der Waals surface area contributed by atoms with Gasteiger partial charge in [-0.25, -0.2) is 4.39 Å². The third kappa shape index (κ3) is 3.01. The summed E-state index contributed by atoms with van der Waals surface area (Å²) in [4.78, 5) is 23.1. The molecule has 2 amide bonds. The van der Waals surface area contributed by atoms with E-state index in [-0.39, 0.29) is 23.9 Å². The van der Waals surface area contributed by atoms with Gasteiger partial charge in [-0.3, -0.25) is 9.59 Å². The van der Waals surface area contributed by atoms with Crippen LogP contribution in [0.15, 0.2) is 23.5 Å². The maximum Gasteiger partial charge on any atom is 0.250 e. The minimum absolute atomic E-state index is 0.0221. The number of rotatable bonds is 5. The zero-order chi connectivity index (χ0) is 16.6. The molecular formula is C15H16FN5O2. The number of halogens is 1. The van der Waals surface area contributed by atoms with E-state index in [0.29, 0.717) is 22.8 Å². The lowest BCUT2D eigenvalue weighted by atomic mass is 10.1. The zero-order valence-electron chi connectivity index (χ0n) is 12.2. The predicted molar refractivity (Wildman–Crippen MR) is 83.7 cm³/mol. The molecule has 23 heavy (non-hydrogen) atoms. The van der Waals surface area contributed by atoms with E-state index < -0.39 is 11.7 Å². The molecule has 0 unspecified atom stereocenters. The van der Waals surface area contributed by atoms with Gasteiger partial charge in [0.1, 0.15) is 11.6 Å². The molecule has 1 fully saturated rings. The molecule has 120 valence electrons. The van der Waals surface area contributed by atoms with E-state index in [2.05, 4.69) is 16.0 Å². The Bertz CT molecular complexity index is 740. The zero-order valence-corrected chi connectivity index (χ0v) is 12.2. The number of hydrogen-bond donors (Lipinski definition) is 5. The van der Waals surface area contributed by atoms with Gasteiger partial charge in [0.25, 0.3) is 5.91 Å². The van der Waals surface area contributed by atoms with Crippen LogP contribution in [0.4, 0.5) is 15.8 Å². The number of nitrogens with two attached hydrogens (primary N) is 1. The lowest BCUT2D eigenvalue weighted by Gasteiger charge is -2.09. The molecule has 6 N–H and O–H groups in total. The highest BCUT2D eigenvalue weighted by molar-refractivity contribution is 6.04. The fourth-order valence-electron chi connectivity index (χ4n) is 2.37. The van der Waals surface area contributed by atoms with Crippen molar-refractivity contribution in [3.8, 4) is 0 Å². The summed E-state index contributed by atoms with van der Waals surface area (Å²) in [5, 5.41) is 16.1. The number of nitrogens with one attached hydrogen (secondary N) is 4. The maximum absolute atomic E-state index is 13.5. The molecule has 0 saturated heterocycles. The van der Waals surface area contributed by atoms with Gasteiger partial charge in [-0.15, -0.1) is 0 Å². The van der Waals surface area contributed by atoms with Gasteiger partial charge in [-0.2, -0.15) is 0 Å². The molecule has 0 bridgehead atoms. The fraction of sp³-hybridized carbons (Fsp3) is 0.267. The molecule has 1 aliphatic carbocycles. The Balaban J connectivity index is 1.83. The monoisotopic (exact) mass is 317 g/mol. The molecule has 7 nitrogen and oxygen atoms in total. The van der Waals surface area contributed by atoms with Crippen LogP contribution in [-0.2, 0) is 4.79 Å². The topological polar surface area (TPSA) is 120 Å². The Labute approximate surface area is 131 Å². The summed E-state index contributed by atoms with van der Waals surface area (Å²) in [6, 6.07) is 2.28. The molecule has 1 aliphatic heterocycles. The average molecular weight is 317 g/mol. The Morgan fingerprint density at radius 2 is 2.13 bits per heavy atom. The second-order valence-electron chi connectivity index (χ2n) is 5.53. The molecule has 0 atom stereocenters. The lowest BCUT2D eigenvalue weighted by molar-refractivity contribution is -0.122. The molecule has 8 heteroatoms. The summed E-state index contributed by atoms with van der Waals surface area (Å²) in [5.74, 6) is -0.894. The van der Waals surface area contributed by atoms with Gasteiger partial charge < -0.3 is 27.1 Å². The van der Waals surface area contributed by atoms with Crippen LogP contribution in [0.5, 0.6) is 0 Å². The van der Waals surface area contributed by atoms with Crippen LogP contribution in [0.2, 0.25) is 0 Å². The summed E-state index contributed by atoms with van der Waals surface area (Å²) in [5.41, 5.74) is 6.48. The van der Waals surface area contributed by atoms with Crippen molar-refractivity contribution in [2.75, 3.05) is 17.2 Å². The van der Waals surface area contributed by atoms with Gasteiger partial charge in [0.05, 0.1) is 16.9 Å². The number of primary amides is 1. The Hall–Kier alpha value is -2.90. The third-order valence-electron chi connectivity index (χ3n) is 3.77. The number of anilines is 2. The Morgan fingerprint density at radius 1 is 1.39 bits per heavy atom. The number of carbonyl (C=O) groups is 2. The van der Waals surface area contributed by atoms with Crippen LogP contribution >= 0.6 is 0 Å². The van der Waals surface area contributed by atoms with E-state index in [9.17, 15) is 14.0 Å². The third-order valence-corrected chi connectivity index (χ3v) is 3.77. The summed E-state index contributed by atoms with van der Waals surface area (Å²) in [7, 11) is 0. The number of carbonyl (C=O) groups excluding carboxylic acids is 2. The van der Waals surface area contributed by atoms with Crippen molar-refractivity contribution in [3.63, 3.8) is 0 Å². The van der Waals surface area contributed by atoms with Gasteiger partial charge in [0.15, 0.2) is 0 Å². The highest BCUT2D eigenvalue weighted by Crippen LogP contribution is 2.35. The first-order chi connectivity index (χ1) is 11.0. The molecule has 2 aliphatic rings. The summed E-state index contributed by atoms with van der Waals surface area (Å²) in [6.45, 7) is 0.163. The minimum Gasteiger partial charge on any atom is -0.366 e. The normalized spacial score (nSPS) is 17.6. The molecule has 0 radical (unpaired) electrons. The van der Waals surface area contributed by atoms with Crippen LogP contribution in [0.3, 0.4) is 0 Å². The minimum atomic E-state index is -0.755. The molecule has 3 rings (SSSR count). The Kier molecular flexibility index (Phi) is 3.73. The quantitative estimate of drug-likeness (QED) is 0.523. The lowest BCUT2D eigenvalue weighted by Crippen LogP contribution is -2.28. The van der Waals surface area contributed by atoms with E-state index in [1.165, 1.54) is 6.07 Å². The number of hydrogen-bond acceptors (Lipinski definition) is 5. The summed E-state index contributed by atoms with van der Waals surface area (Å²) >= 11 is 0.